The van der Waals surface area contributed by atoms with Gasteiger partial charge in [0.05, 0.1) is 21.7 Å². The second kappa shape index (κ2) is 6.88. The standard InChI is InChI=1S/C24H20N2OS/c1-16-8-9-21-19(13-16)20(14-22(25-21)23-7-4-12-28-23)24(27)26-11-10-17-5-2-3-6-18(17)15-26/h2-9,12-14H,10-11,15H2,1H3. The lowest BCUT2D eigenvalue weighted by Crippen LogP contribution is -2.36. The monoisotopic (exact) mass is 384 g/mol. The van der Waals surface area contributed by atoms with Crippen LogP contribution in [-0.4, -0.2) is 22.3 Å². The molecule has 1 aliphatic heterocycles. The zero-order valence-corrected chi connectivity index (χ0v) is 16.5. The van der Waals surface area contributed by atoms with Gasteiger partial charge in [0.2, 0.25) is 0 Å². The van der Waals surface area contributed by atoms with Crippen molar-refractivity contribution in [2.45, 2.75) is 19.9 Å². The number of aryl methyl sites for hydroxylation is 1. The fraction of sp³-hybridized carbons (Fsp3) is 0.167. The van der Waals surface area contributed by atoms with Gasteiger partial charge in [0.25, 0.3) is 5.91 Å². The molecule has 5 rings (SSSR count). The molecule has 0 spiro atoms. The first-order valence-electron chi connectivity index (χ1n) is 9.50. The molecule has 4 aromatic rings. The largest absolute Gasteiger partial charge is 0.334 e. The highest BCUT2D eigenvalue weighted by Gasteiger charge is 2.24. The van der Waals surface area contributed by atoms with Gasteiger partial charge in [-0.15, -0.1) is 11.3 Å². The third kappa shape index (κ3) is 3.00. The Hall–Kier alpha value is -2.98. The highest BCUT2D eigenvalue weighted by Crippen LogP contribution is 2.30. The lowest BCUT2D eigenvalue weighted by atomic mass is 9.98. The van der Waals surface area contributed by atoms with Crippen LogP contribution >= 0.6 is 11.3 Å². The number of aromatic nitrogens is 1. The van der Waals surface area contributed by atoms with Crippen molar-refractivity contribution in [3.05, 3.63) is 88.3 Å². The first-order chi connectivity index (χ1) is 13.7. The summed E-state index contributed by atoms with van der Waals surface area (Å²) in [6.45, 7) is 3.47. The van der Waals surface area contributed by atoms with Crippen molar-refractivity contribution in [2.24, 2.45) is 0 Å². The van der Waals surface area contributed by atoms with Crippen molar-refractivity contribution in [3.63, 3.8) is 0 Å². The van der Waals surface area contributed by atoms with Crippen molar-refractivity contribution < 1.29 is 4.79 Å². The van der Waals surface area contributed by atoms with Crippen LogP contribution in [0.4, 0.5) is 0 Å². The van der Waals surface area contributed by atoms with Crippen molar-refractivity contribution in [2.75, 3.05) is 6.54 Å². The number of hydrogen-bond acceptors (Lipinski definition) is 3. The third-order valence-corrected chi connectivity index (χ3v) is 6.28. The van der Waals surface area contributed by atoms with Gasteiger partial charge in [0.1, 0.15) is 0 Å². The van der Waals surface area contributed by atoms with Crippen LogP contribution in [-0.2, 0) is 13.0 Å². The molecule has 0 bridgehead atoms. The highest BCUT2D eigenvalue weighted by atomic mass is 32.1. The SMILES string of the molecule is Cc1ccc2nc(-c3cccs3)cc(C(=O)N3CCc4ccccc4C3)c2c1. The predicted octanol–water partition coefficient (Wildman–Crippen LogP) is 5.47. The zero-order chi connectivity index (χ0) is 19.1. The molecular formula is C24H20N2OS. The van der Waals surface area contributed by atoms with Crippen molar-refractivity contribution in [1.29, 1.82) is 0 Å². The Morgan fingerprint density at radius 1 is 1.04 bits per heavy atom. The molecule has 0 saturated heterocycles. The number of pyridine rings is 1. The first kappa shape index (κ1) is 17.1. The zero-order valence-electron chi connectivity index (χ0n) is 15.7. The first-order valence-corrected chi connectivity index (χ1v) is 10.4. The summed E-state index contributed by atoms with van der Waals surface area (Å²) in [5, 5.41) is 2.98. The quantitative estimate of drug-likeness (QED) is 0.459. The minimum atomic E-state index is 0.0882. The van der Waals surface area contributed by atoms with Gasteiger partial charge in [-0.1, -0.05) is 42.0 Å². The molecule has 0 aliphatic carbocycles. The number of nitrogens with zero attached hydrogens (tertiary/aromatic N) is 2. The minimum absolute atomic E-state index is 0.0882. The van der Waals surface area contributed by atoms with Gasteiger partial charge in [-0.3, -0.25) is 4.79 Å². The van der Waals surface area contributed by atoms with Crippen molar-refractivity contribution in [1.82, 2.24) is 9.88 Å². The summed E-state index contributed by atoms with van der Waals surface area (Å²) >= 11 is 1.65. The molecule has 1 amide bonds. The van der Waals surface area contributed by atoms with Crippen molar-refractivity contribution >= 4 is 28.1 Å². The Bertz CT molecular complexity index is 1180. The van der Waals surface area contributed by atoms with E-state index < -0.39 is 0 Å². The number of fused-ring (bicyclic) bond motifs is 2. The van der Waals surface area contributed by atoms with E-state index in [1.807, 2.05) is 34.5 Å². The number of carbonyl (C=O) groups excluding carboxylic acids is 1. The van der Waals surface area contributed by atoms with E-state index in [1.165, 1.54) is 11.1 Å². The topological polar surface area (TPSA) is 33.2 Å². The summed E-state index contributed by atoms with van der Waals surface area (Å²) in [4.78, 5) is 21.4. The maximum absolute atomic E-state index is 13.6. The molecule has 138 valence electrons. The number of carbonyl (C=O) groups is 1. The molecule has 0 unspecified atom stereocenters. The second-order valence-electron chi connectivity index (χ2n) is 7.30. The summed E-state index contributed by atoms with van der Waals surface area (Å²) in [5.74, 6) is 0.0882. The number of amides is 1. The molecule has 2 aromatic carbocycles. The van der Waals surface area contributed by atoms with Crippen LogP contribution in [0, 0.1) is 6.92 Å². The Morgan fingerprint density at radius 2 is 1.89 bits per heavy atom. The molecule has 3 heterocycles. The van der Waals surface area contributed by atoms with Crippen LogP contribution in [0.15, 0.2) is 66.0 Å². The molecule has 28 heavy (non-hydrogen) atoms. The van der Waals surface area contributed by atoms with E-state index in [0.717, 1.165) is 45.6 Å². The molecule has 0 N–H and O–H groups in total. The van der Waals surface area contributed by atoms with E-state index in [0.29, 0.717) is 6.54 Å². The third-order valence-electron chi connectivity index (χ3n) is 5.39. The molecule has 0 atom stereocenters. The summed E-state index contributed by atoms with van der Waals surface area (Å²) in [6.07, 6.45) is 0.905. The van der Waals surface area contributed by atoms with Crippen LogP contribution in [0.25, 0.3) is 21.5 Å². The summed E-state index contributed by atoms with van der Waals surface area (Å²) in [6, 6.07) is 20.6. The maximum atomic E-state index is 13.6. The smallest absolute Gasteiger partial charge is 0.254 e. The Balaban J connectivity index is 1.61. The Kier molecular flexibility index (Phi) is 4.21. The van der Waals surface area contributed by atoms with E-state index in [-0.39, 0.29) is 5.91 Å². The van der Waals surface area contributed by atoms with Gasteiger partial charge in [0, 0.05) is 18.5 Å². The lowest BCUT2D eigenvalue weighted by molar-refractivity contribution is 0.0736. The van der Waals surface area contributed by atoms with E-state index >= 15 is 0 Å². The van der Waals surface area contributed by atoms with E-state index in [9.17, 15) is 4.79 Å². The number of hydrogen-bond donors (Lipinski definition) is 0. The molecule has 0 radical (unpaired) electrons. The summed E-state index contributed by atoms with van der Waals surface area (Å²) in [5.41, 5.74) is 6.22. The van der Waals surface area contributed by atoms with Crippen LogP contribution in [0.2, 0.25) is 0 Å². The highest BCUT2D eigenvalue weighted by molar-refractivity contribution is 7.13. The molecule has 2 aromatic heterocycles. The average molecular weight is 385 g/mol. The molecule has 0 fully saturated rings. The van der Waals surface area contributed by atoms with Gasteiger partial charge >= 0.3 is 0 Å². The van der Waals surface area contributed by atoms with Gasteiger partial charge in [0.15, 0.2) is 0 Å². The van der Waals surface area contributed by atoms with Crippen LogP contribution in [0.5, 0.6) is 0 Å². The molecular weight excluding hydrogens is 364 g/mol. The molecule has 1 aliphatic rings. The van der Waals surface area contributed by atoms with Gasteiger partial charge in [-0.25, -0.2) is 4.98 Å². The van der Waals surface area contributed by atoms with Crippen LogP contribution < -0.4 is 0 Å². The predicted molar refractivity (Wildman–Crippen MR) is 115 cm³/mol. The summed E-state index contributed by atoms with van der Waals surface area (Å²) in [7, 11) is 0. The van der Waals surface area contributed by atoms with Crippen LogP contribution in [0.3, 0.4) is 0 Å². The maximum Gasteiger partial charge on any atom is 0.254 e. The Morgan fingerprint density at radius 3 is 2.71 bits per heavy atom. The fourth-order valence-electron chi connectivity index (χ4n) is 3.91. The minimum Gasteiger partial charge on any atom is -0.334 e. The molecule has 3 nitrogen and oxygen atoms in total. The van der Waals surface area contributed by atoms with Gasteiger partial charge in [-0.2, -0.15) is 0 Å². The van der Waals surface area contributed by atoms with Crippen molar-refractivity contribution in [3.8, 4) is 10.6 Å². The lowest BCUT2D eigenvalue weighted by Gasteiger charge is -2.29. The number of rotatable bonds is 2. The Labute approximate surface area is 168 Å². The summed E-state index contributed by atoms with van der Waals surface area (Å²) < 4.78 is 0. The molecule has 4 heteroatoms. The van der Waals surface area contributed by atoms with Gasteiger partial charge in [-0.05, 0) is 54.1 Å². The molecule has 0 saturated carbocycles. The van der Waals surface area contributed by atoms with E-state index in [1.54, 1.807) is 11.3 Å². The normalized spacial score (nSPS) is 13.5. The second-order valence-corrected chi connectivity index (χ2v) is 8.25. The number of thiophene rings is 1. The fourth-order valence-corrected chi connectivity index (χ4v) is 4.59. The van der Waals surface area contributed by atoms with Crippen LogP contribution in [0.1, 0.15) is 27.0 Å². The number of benzene rings is 2. The average Bonchev–Trinajstić information content (AvgIpc) is 3.27. The van der Waals surface area contributed by atoms with E-state index in [2.05, 4.69) is 43.3 Å². The van der Waals surface area contributed by atoms with E-state index in [4.69, 9.17) is 4.98 Å². The van der Waals surface area contributed by atoms with Gasteiger partial charge < -0.3 is 4.90 Å².